The average molecular weight is 172 g/mol. The summed E-state index contributed by atoms with van der Waals surface area (Å²) in [6, 6.07) is 0. The molecular weight excluding hydrogens is 152 g/mol. The molecule has 0 aromatic carbocycles. The molecule has 3 nitrogen and oxygen atoms in total. The summed E-state index contributed by atoms with van der Waals surface area (Å²) in [5.41, 5.74) is 5.44. The van der Waals surface area contributed by atoms with Gasteiger partial charge in [0.2, 0.25) is 0 Å². The van der Waals surface area contributed by atoms with E-state index in [1.54, 1.807) is 0 Å². The fourth-order valence-corrected chi connectivity index (χ4v) is 1.56. The van der Waals surface area contributed by atoms with Crippen LogP contribution in [-0.2, 0) is 4.74 Å². The van der Waals surface area contributed by atoms with Gasteiger partial charge in [0.05, 0.1) is 12.2 Å². The van der Waals surface area contributed by atoms with Crippen LogP contribution in [-0.4, -0.2) is 31.8 Å². The Hall–Kier alpha value is -0.120. The Morgan fingerprint density at radius 3 is 2.75 bits per heavy atom. The molecule has 0 aliphatic carbocycles. The van der Waals surface area contributed by atoms with Gasteiger partial charge in [-0.1, -0.05) is 0 Å². The van der Waals surface area contributed by atoms with Crippen molar-refractivity contribution in [3.63, 3.8) is 0 Å². The number of nitrogens with one attached hydrogen (secondary N) is 1. The second-order valence-electron chi connectivity index (χ2n) is 3.47. The zero-order valence-corrected chi connectivity index (χ0v) is 7.88. The number of nitrogens with two attached hydrogens (primary N) is 1. The summed E-state index contributed by atoms with van der Waals surface area (Å²) < 4.78 is 5.81. The van der Waals surface area contributed by atoms with E-state index in [9.17, 15) is 0 Å². The van der Waals surface area contributed by atoms with Crippen LogP contribution in [0.3, 0.4) is 0 Å². The first kappa shape index (κ1) is 9.96. The van der Waals surface area contributed by atoms with Gasteiger partial charge < -0.3 is 15.8 Å². The minimum Gasteiger partial charge on any atom is -0.375 e. The Morgan fingerprint density at radius 1 is 1.50 bits per heavy atom. The second kappa shape index (κ2) is 5.51. The van der Waals surface area contributed by atoms with Crippen LogP contribution in [0, 0.1) is 0 Å². The molecule has 1 atom stereocenters. The Balaban J connectivity index is 2.11. The molecule has 1 rings (SSSR count). The molecule has 72 valence electrons. The van der Waals surface area contributed by atoms with Crippen LogP contribution in [0.25, 0.3) is 0 Å². The van der Waals surface area contributed by atoms with E-state index in [1.807, 2.05) is 0 Å². The minimum absolute atomic E-state index is 0.332. The first-order chi connectivity index (χ1) is 5.83. The van der Waals surface area contributed by atoms with Gasteiger partial charge in [-0.3, -0.25) is 0 Å². The lowest BCUT2D eigenvalue weighted by Gasteiger charge is -2.26. The Kier molecular flexibility index (Phi) is 4.58. The summed E-state index contributed by atoms with van der Waals surface area (Å²) in [7, 11) is 0. The molecule has 0 bridgehead atoms. The van der Waals surface area contributed by atoms with Gasteiger partial charge in [0.1, 0.15) is 0 Å². The molecule has 1 saturated heterocycles. The fourth-order valence-electron chi connectivity index (χ4n) is 1.56. The standard InChI is InChI=1S/C9H20N2O/c1-8(2-5-10)12-9-3-6-11-7-4-9/h8-9,11H,2-7,10H2,1H3/t8-/m0/s1. The molecule has 3 heteroatoms. The smallest absolute Gasteiger partial charge is 0.0603 e. The van der Waals surface area contributed by atoms with Gasteiger partial charge in [0.25, 0.3) is 0 Å². The lowest BCUT2D eigenvalue weighted by Crippen LogP contribution is -2.34. The zero-order chi connectivity index (χ0) is 8.81. The molecule has 1 heterocycles. The van der Waals surface area contributed by atoms with Crippen molar-refractivity contribution in [1.29, 1.82) is 0 Å². The molecule has 1 aliphatic rings. The summed E-state index contributed by atoms with van der Waals surface area (Å²) in [5.74, 6) is 0. The highest BCUT2D eigenvalue weighted by molar-refractivity contribution is 4.69. The summed E-state index contributed by atoms with van der Waals surface area (Å²) in [4.78, 5) is 0. The molecule has 12 heavy (non-hydrogen) atoms. The van der Waals surface area contributed by atoms with Crippen LogP contribution in [0.15, 0.2) is 0 Å². The SMILES string of the molecule is C[C@@H](CCN)OC1CCNCC1. The van der Waals surface area contributed by atoms with E-state index in [0.717, 1.165) is 38.9 Å². The predicted octanol–water partition coefficient (Wildman–Crippen LogP) is 0.492. The van der Waals surface area contributed by atoms with E-state index < -0.39 is 0 Å². The van der Waals surface area contributed by atoms with Crippen molar-refractivity contribution in [2.24, 2.45) is 5.73 Å². The number of rotatable bonds is 4. The van der Waals surface area contributed by atoms with Gasteiger partial charge in [-0.25, -0.2) is 0 Å². The van der Waals surface area contributed by atoms with Gasteiger partial charge in [-0.05, 0) is 45.8 Å². The average Bonchev–Trinajstić information content (AvgIpc) is 2.06. The van der Waals surface area contributed by atoms with E-state index in [4.69, 9.17) is 10.5 Å². The van der Waals surface area contributed by atoms with Crippen molar-refractivity contribution in [2.45, 2.75) is 38.4 Å². The van der Waals surface area contributed by atoms with Crippen molar-refractivity contribution in [3.05, 3.63) is 0 Å². The van der Waals surface area contributed by atoms with E-state index in [0.29, 0.717) is 12.2 Å². The van der Waals surface area contributed by atoms with E-state index in [1.165, 1.54) is 0 Å². The molecule has 0 unspecified atom stereocenters. The third-order valence-corrected chi connectivity index (χ3v) is 2.28. The monoisotopic (exact) mass is 172 g/mol. The molecule has 0 spiro atoms. The summed E-state index contributed by atoms with van der Waals surface area (Å²) >= 11 is 0. The van der Waals surface area contributed by atoms with Gasteiger partial charge in [0, 0.05) is 0 Å². The van der Waals surface area contributed by atoms with Crippen LogP contribution in [0.4, 0.5) is 0 Å². The summed E-state index contributed by atoms with van der Waals surface area (Å²) in [6.45, 7) is 5.03. The zero-order valence-electron chi connectivity index (χ0n) is 7.88. The quantitative estimate of drug-likeness (QED) is 0.649. The minimum atomic E-state index is 0.332. The Labute approximate surface area is 74.7 Å². The number of piperidine rings is 1. The van der Waals surface area contributed by atoms with Gasteiger partial charge in [-0.2, -0.15) is 0 Å². The molecule has 3 N–H and O–H groups in total. The van der Waals surface area contributed by atoms with Crippen molar-refractivity contribution in [1.82, 2.24) is 5.32 Å². The second-order valence-corrected chi connectivity index (χ2v) is 3.47. The van der Waals surface area contributed by atoms with Crippen molar-refractivity contribution >= 4 is 0 Å². The highest BCUT2D eigenvalue weighted by Gasteiger charge is 2.15. The number of hydrogen-bond acceptors (Lipinski definition) is 3. The maximum absolute atomic E-state index is 5.81. The van der Waals surface area contributed by atoms with Crippen LogP contribution in [0.2, 0.25) is 0 Å². The molecule has 0 saturated carbocycles. The lowest BCUT2D eigenvalue weighted by atomic mass is 10.1. The number of hydrogen-bond donors (Lipinski definition) is 2. The van der Waals surface area contributed by atoms with Crippen molar-refractivity contribution < 1.29 is 4.74 Å². The molecular formula is C9H20N2O. The van der Waals surface area contributed by atoms with Gasteiger partial charge >= 0.3 is 0 Å². The van der Waals surface area contributed by atoms with Crippen LogP contribution in [0.5, 0.6) is 0 Å². The summed E-state index contributed by atoms with van der Waals surface area (Å²) in [5, 5.41) is 3.32. The van der Waals surface area contributed by atoms with E-state index in [2.05, 4.69) is 12.2 Å². The molecule has 0 aromatic rings. The topological polar surface area (TPSA) is 47.3 Å². The van der Waals surface area contributed by atoms with Crippen LogP contribution < -0.4 is 11.1 Å². The normalized spacial score (nSPS) is 22.5. The predicted molar refractivity (Wildman–Crippen MR) is 50.1 cm³/mol. The fraction of sp³-hybridized carbons (Fsp3) is 1.00. The van der Waals surface area contributed by atoms with Crippen molar-refractivity contribution in [2.75, 3.05) is 19.6 Å². The Morgan fingerprint density at radius 2 is 2.17 bits per heavy atom. The number of ether oxygens (including phenoxy) is 1. The van der Waals surface area contributed by atoms with E-state index >= 15 is 0 Å². The van der Waals surface area contributed by atoms with Gasteiger partial charge in [0.15, 0.2) is 0 Å². The molecule has 0 amide bonds. The molecule has 0 aromatic heterocycles. The Bertz CT molecular complexity index is 113. The molecule has 0 radical (unpaired) electrons. The van der Waals surface area contributed by atoms with E-state index in [-0.39, 0.29) is 0 Å². The largest absolute Gasteiger partial charge is 0.375 e. The van der Waals surface area contributed by atoms with Gasteiger partial charge in [-0.15, -0.1) is 0 Å². The highest BCUT2D eigenvalue weighted by Crippen LogP contribution is 2.11. The maximum atomic E-state index is 5.81. The first-order valence-electron chi connectivity index (χ1n) is 4.89. The molecule has 1 aliphatic heterocycles. The van der Waals surface area contributed by atoms with Crippen LogP contribution >= 0.6 is 0 Å². The highest BCUT2D eigenvalue weighted by atomic mass is 16.5. The molecule has 1 fully saturated rings. The first-order valence-corrected chi connectivity index (χ1v) is 4.89. The summed E-state index contributed by atoms with van der Waals surface area (Å²) in [6.07, 6.45) is 4.07. The maximum Gasteiger partial charge on any atom is 0.0603 e. The lowest BCUT2D eigenvalue weighted by molar-refractivity contribution is -0.0195. The third-order valence-electron chi connectivity index (χ3n) is 2.28. The third kappa shape index (κ3) is 3.52. The van der Waals surface area contributed by atoms with Crippen molar-refractivity contribution in [3.8, 4) is 0 Å². The van der Waals surface area contributed by atoms with Crippen LogP contribution in [0.1, 0.15) is 26.2 Å².